The van der Waals surface area contributed by atoms with E-state index in [0.717, 1.165) is 6.07 Å². The lowest BCUT2D eigenvalue weighted by Crippen LogP contribution is -2.32. The summed E-state index contributed by atoms with van der Waals surface area (Å²) in [5, 5.41) is 0. The smallest absolute Gasteiger partial charge is 0.425 e. The number of esters is 1. The normalized spacial score (nSPS) is 12.1. The first-order valence-corrected chi connectivity index (χ1v) is 6.64. The summed E-state index contributed by atoms with van der Waals surface area (Å²) in [7, 11) is 0. The minimum Gasteiger partial charge on any atom is -0.425 e. The molecule has 0 aliphatic carbocycles. The molecule has 0 saturated heterocycles. The molecule has 5 nitrogen and oxygen atoms in total. The van der Waals surface area contributed by atoms with Gasteiger partial charge in [0, 0.05) is 12.0 Å². The molecule has 0 fully saturated rings. The van der Waals surface area contributed by atoms with Crippen molar-refractivity contribution in [2.75, 3.05) is 0 Å². The lowest BCUT2D eigenvalue weighted by atomic mass is 10.2. The molecule has 0 amide bonds. The molecular formula is C15H19FO5. The zero-order valence-electron chi connectivity index (χ0n) is 12.5. The summed E-state index contributed by atoms with van der Waals surface area (Å²) >= 11 is 0. The van der Waals surface area contributed by atoms with Crippen LogP contribution < -0.4 is 4.74 Å². The molecule has 0 saturated carbocycles. The molecule has 0 bridgehead atoms. The minimum atomic E-state index is -1.06. The monoisotopic (exact) mass is 298 g/mol. The molecule has 21 heavy (non-hydrogen) atoms. The highest BCUT2D eigenvalue weighted by atomic mass is 19.1. The molecule has 0 aliphatic heterocycles. The summed E-state index contributed by atoms with van der Waals surface area (Å²) < 4.78 is 27.8. The van der Waals surface area contributed by atoms with Crippen LogP contribution in [0.1, 0.15) is 27.7 Å². The molecule has 0 aromatic heterocycles. The van der Waals surface area contributed by atoms with E-state index in [1.54, 1.807) is 27.7 Å². The highest BCUT2D eigenvalue weighted by Gasteiger charge is 2.25. The number of ether oxygens (including phenoxy) is 3. The van der Waals surface area contributed by atoms with Crippen LogP contribution in [-0.4, -0.2) is 18.4 Å². The van der Waals surface area contributed by atoms with Crippen LogP contribution in [0.15, 0.2) is 24.3 Å². The van der Waals surface area contributed by atoms with Crippen molar-refractivity contribution in [2.45, 2.75) is 34.0 Å². The van der Waals surface area contributed by atoms with Crippen molar-refractivity contribution in [3.63, 3.8) is 0 Å². The summed E-state index contributed by atoms with van der Waals surface area (Å²) in [6, 6.07) is 5.08. The van der Waals surface area contributed by atoms with Gasteiger partial charge >= 0.3 is 12.1 Å². The SMILES string of the molecule is CC(C)C(=O)O[C@@H](OC(=O)Oc1cccc(F)c1)C(C)C. The van der Waals surface area contributed by atoms with Gasteiger partial charge in [-0.25, -0.2) is 9.18 Å². The van der Waals surface area contributed by atoms with Crippen molar-refractivity contribution in [1.29, 1.82) is 0 Å². The number of carbonyl (C=O) groups is 2. The summed E-state index contributed by atoms with van der Waals surface area (Å²) in [5.41, 5.74) is 0. The molecule has 0 aliphatic rings. The standard InChI is InChI=1S/C15H19FO5/c1-9(2)13(17)20-14(10(3)4)21-15(18)19-12-7-5-6-11(16)8-12/h5-10,14H,1-4H3/t14-/m0/s1. The quantitative estimate of drug-likeness (QED) is 0.473. The molecule has 1 rings (SSSR count). The molecular weight excluding hydrogens is 279 g/mol. The Hall–Kier alpha value is -2.11. The summed E-state index contributed by atoms with van der Waals surface area (Å²) in [5.74, 6) is -1.58. The maximum atomic E-state index is 13.0. The molecule has 0 N–H and O–H groups in total. The van der Waals surface area contributed by atoms with Gasteiger partial charge in [0.1, 0.15) is 11.6 Å². The number of benzene rings is 1. The van der Waals surface area contributed by atoms with Gasteiger partial charge in [0.2, 0.25) is 0 Å². The van der Waals surface area contributed by atoms with E-state index in [9.17, 15) is 14.0 Å². The van der Waals surface area contributed by atoms with Gasteiger partial charge in [-0.05, 0) is 12.1 Å². The zero-order valence-corrected chi connectivity index (χ0v) is 12.5. The van der Waals surface area contributed by atoms with E-state index in [-0.39, 0.29) is 17.6 Å². The molecule has 0 spiro atoms. The Morgan fingerprint density at radius 2 is 1.76 bits per heavy atom. The van der Waals surface area contributed by atoms with E-state index in [4.69, 9.17) is 14.2 Å². The first kappa shape index (κ1) is 16.9. The van der Waals surface area contributed by atoms with Gasteiger partial charge in [-0.1, -0.05) is 33.8 Å². The fourth-order valence-corrected chi connectivity index (χ4v) is 1.29. The van der Waals surface area contributed by atoms with Crippen LogP contribution in [0, 0.1) is 17.7 Å². The maximum absolute atomic E-state index is 13.0. The van der Waals surface area contributed by atoms with Crippen molar-refractivity contribution in [1.82, 2.24) is 0 Å². The van der Waals surface area contributed by atoms with Crippen molar-refractivity contribution >= 4 is 12.1 Å². The van der Waals surface area contributed by atoms with Gasteiger partial charge in [-0.2, -0.15) is 0 Å². The Balaban J connectivity index is 2.62. The van der Waals surface area contributed by atoms with Gasteiger partial charge < -0.3 is 14.2 Å². The first-order chi connectivity index (χ1) is 9.79. The van der Waals surface area contributed by atoms with Crippen molar-refractivity contribution in [3.05, 3.63) is 30.1 Å². The second-order valence-corrected chi connectivity index (χ2v) is 5.13. The van der Waals surface area contributed by atoms with E-state index in [0.29, 0.717) is 0 Å². The lowest BCUT2D eigenvalue weighted by molar-refractivity contribution is -0.180. The van der Waals surface area contributed by atoms with E-state index in [1.165, 1.54) is 18.2 Å². The Labute approximate surface area is 123 Å². The van der Waals surface area contributed by atoms with Gasteiger partial charge in [0.05, 0.1) is 5.92 Å². The van der Waals surface area contributed by atoms with E-state index < -0.39 is 24.2 Å². The predicted octanol–water partition coefficient (Wildman–Crippen LogP) is 3.52. The number of hydrogen-bond donors (Lipinski definition) is 0. The Kier molecular flexibility index (Phi) is 6.14. The van der Waals surface area contributed by atoms with Crippen LogP contribution in [0.4, 0.5) is 9.18 Å². The molecule has 1 atom stereocenters. The number of rotatable bonds is 5. The molecule has 1 aromatic carbocycles. The highest BCUT2D eigenvalue weighted by molar-refractivity contribution is 5.72. The summed E-state index contributed by atoms with van der Waals surface area (Å²) in [6.45, 7) is 6.80. The van der Waals surface area contributed by atoms with Crippen LogP contribution in [0.3, 0.4) is 0 Å². The zero-order chi connectivity index (χ0) is 16.0. The molecule has 6 heteroatoms. The summed E-state index contributed by atoms with van der Waals surface area (Å²) in [4.78, 5) is 23.2. The highest BCUT2D eigenvalue weighted by Crippen LogP contribution is 2.16. The van der Waals surface area contributed by atoms with E-state index in [1.807, 2.05) is 0 Å². The Bertz CT molecular complexity index is 499. The number of halogens is 1. The Morgan fingerprint density at radius 1 is 1.10 bits per heavy atom. The van der Waals surface area contributed by atoms with Gasteiger partial charge in [-0.3, -0.25) is 4.79 Å². The van der Waals surface area contributed by atoms with Crippen LogP contribution >= 0.6 is 0 Å². The average molecular weight is 298 g/mol. The van der Waals surface area contributed by atoms with Crippen molar-refractivity contribution in [2.24, 2.45) is 11.8 Å². The topological polar surface area (TPSA) is 61.8 Å². The van der Waals surface area contributed by atoms with Crippen LogP contribution in [0.25, 0.3) is 0 Å². The molecule has 0 heterocycles. The third kappa shape index (κ3) is 5.81. The second-order valence-electron chi connectivity index (χ2n) is 5.13. The minimum absolute atomic E-state index is 0.0118. The molecule has 1 aromatic rings. The van der Waals surface area contributed by atoms with Crippen LogP contribution in [0.2, 0.25) is 0 Å². The number of hydrogen-bond acceptors (Lipinski definition) is 5. The third-order valence-corrected chi connectivity index (χ3v) is 2.46. The van der Waals surface area contributed by atoms with Crippen molar-refractivity contribution < 1.29 is 28.2 Å². The van der Waals surface area contributed by atoms with E-state index in [2.05, 4.69) is 0 Å². The molecule has 116 valence electrons. The van der Waals surface area contributed by atoms with Gasteiger partial charge in [0.15, 0.2) is 0 Å². The lowest BCUT2D eigenvalue weighted by Gasteiger charge is -2.21. The number of carbonyl (C=O) groups excluding carboxylic acids is 2. The fourth-order valence-electron chi connectivity index (χ4n) is 1.29. The van der Waals surface area contributed by atoms with Gasteiger partial charge in [-0.15, -0.1) is 0 Å². The third-order valence-electron chi connectivity index (χ3n) is 2.46. The average Bonchev–Trinajstić information content (AvgIpc) is 2.37. The predicted molar refractivity (Wildman–Crippen MR) is 73.1 cm³/mol. The van der Waals surface area contributed by atoms with Crippen LogP contribution in [-0.2, 0) is 14.3 Å². The second kappa shape index (κ2) is 7.61. The molecule has 0 unspecified atom stereocenters. The fraction of sp³-hybridized carbons (Fsp3) is 0.467. The Morgan fingerprint density at radius 3 is 2.29 bits per heavy atom. The largest absolute Gasteiger partial charge is 0.516 e. The van der Waals surface area contributed by atoms with E-state index >= 15 is 0 Å². The maximum Gasteiger partial charge on any atom is 0.516 e. The summed E-state index contributed by atoms with van der Waals surface area (Å²) in [6.07, 6.45) is -2.11. The van der Waals surface area contributed by atoms with Crippen LogP contribution in [0.5, 0.6) is 5.75 Å². The van der Waals surface area contributed by atoms with Crippen molar-refractivity contribution in [3.8, 4) is 5.75 Å². The first-order valence-electron chi connectivity index (χ1n) is 6.64. The van der Waals surface area contributed by atoms with Gasteiger partial charge in [0.25, 0.3) is 6.29 Å². The molecule has 0 radical (unpaired) electrons.